The van der Waals surface area contributed by atoms with Crippen molar-refractivity contribution in [1.29, 1.82) is 0 Å². The molecule has 1 heterocycles. The molecule has 1 aliphatic heterocycles. The quantitative estimate of drug-likeness (QED) is 0.808. The Labute approximate surface area is 98.6 Å². The summed E-state index contributed by atoms with van der Waals surface area (Å²) in [5, 5.41) is 18.4. The standard InChI is InChI=1S/C11H12O5S/c12-8-3-1-2-7(4-8)9-5-17(15,16)6-10(9)11(13)14/h1-4,9-10,12H,5-6H2,(H,13,14). The molecule has 0 radical (unpaired) electrons. The third-order valence-corrected chi connectivity index (χ3v) is 4.70. The molecule has 2 rings (SSSR count). The lowest BCUT2D eigenvalue weighted by Gasteiger charge is -2.14. The first kappa shape index (κ1) is 11.9. The van der Waals surface area contributed by atoms with E-state index in [9.17, 15) is 18.3 Å². The highest BCUT2D eigenvalue weighted by molar-refractivity contribution is 7.91. The van der Waals surface area contributed by atoms with Crippen LogP contribution in [0.2, 0.25) is 0 Å². The SMILES string of the molecule is O=C(O)C1CS(=O)(=O)CC1c1cccc(O)c1. The molecule has 5 nitrogen and oxygen atoms in total. The molecule has 0 aliphatic carbocycles. The number of carbonyl (C=O) groups is 1. The van der Waals surface area contributed by atoms with Crippen LogP contribution in [0, 0.1) is 5.92 Å². The van der Waals surface area contributed by atoms with E-state index in [1.54, 1.807) is 12.1 Å². The van der Waals surface area contributed by atoms with E-state index < -0.39 is 27.6 Å². The Balaban J connectivity index is 2.40. The molecule has 1 aromatic carbocycles. The van der Waals surface area contributed by atoms with Gasteiger partial charge in [-0.15, -0.1) is 0 Å². The molecule has 0 amide bonds. The fourth-order valence-corrected chi connectivity index (χ4v) is 4.20. The summed E-state index contributed by atoms with van der Waals surface area (Å²) in [6.07, 6.45) is 0. The van der Waals surface area contributed by atoms with Crippen molar-refractivity contribution in [2.45, 2.75) is 5.92 Å². The highest BCUT2D eigenvalue weighted by atomic mass is 32.2. The molecule has 2 unspecified atom stereocenters. The zero-order valence-electron chi connectivity index (χ0n) is 8.91. The van der Waals surface area contributed by atoms with Crippen LogP contribution in [0.4, 0.5) is 0 Å². The van der Waals surface area contributed by atoms with Crippen molar-refractivity contribution >= 4 is 15.8 Å². The van der Waals surface area contributed by atoms with Gasteiger partial charge in [0.2, 0.25) is 0 Å². The van der Waals surface area contributed by atoms with Gasteiger partial charge in [0.15, 0.2) is 9.84 Å². The summed E-state index contributed by atoms with van der Waals surface area (Å²) >= 11 is 0. The summed E-state index contributed by atoms with van der Waals surface area (Å²) in [5.41, 5.74) is 0.554. The van der Waals surface area contributed by atoms with Gasteiger partial charge in [0, 0.05) is 5.92 Å². The van der Waals surface area contributed by atoms with Gasteiger partial charge in [-0.05, 0) is 17.7 Å². The molecule has 0 saturated carbocycles. The number of aromatic hydroxyl groups is 1. The largest absolute Gasteiger partial charge is 0.508 e. The van der Waals surface area contributed by atoms with Crippen LogP contribution >= 0.6 is 0 Å². The maximum absolute atomic E-state index is 11.5. The third kappa shape index (κ3) is 2.41. The molecule has 17 heavy (non-hydrogen) atoms. The van der Waals surface area contributed by atoms with Gasteiger partial charge in [0.05, 0.1) is 17.4 Å². The predicted octanol–water partition coefficient (Wildman–Crippen LogP) is 0.605. The van der Waals surface area contributed by atoms with Gasteiger partial charge < -0.3 is 10.2 Å². The van der Waals surface area contributed by atoms with Gasteiger partial charge in [0.25, 0.3) is 0 Å². The Bertz CT molecular complexity index is 549. The smallest absolute Gasteiger partial charge is 0.308 e. The van der Waals surface area contributed by atoms with Crippen LogP contribution in [0.3, 0.4) is 0 Å². The van der Waals surface area contributed by atoms with Crippen molar-refractivity contribution < 1.29 is 23.4 Å². The molecular weight excluding hydrogens is 244 g/mol. The van der Waals surface area contributed by atoms with Crippen molar-refractivity contribution in [3.8, 4) is 5.75 Å². The van der Waals surface area contributed by atoms with E-state index in [1.807, 2.05) is 0 Å². The van der Waals surface area contributed by atoms with Gasteiger partial charge in [-0.2, -0.15) is 0 Å². The van der Waals surface area contributed by atoms with E-state index in [4.69, 9.17) is 5.11 Å². The Morgan fingerprint density at radius 3 is 2.59 bits per heavy atom. The van der Waals surface area contributed by atoms with E-state index in [-0.39, 0.29) is 17.3 Å². The summed E-state index contributed by atoms with van der Waals surface area (Å²) in [4.78, 5) is 11.0. The Hall–Kier alpha value is -1.56. The van der Waals surface area contributed by atoms with Crippen LogP contribution in [0.5, 0.6) is 5.75 Å². The molecule has 2 N–H and O–H groups in total. The lowest BCUT2D eigenvalue weighted by molar-refractivity contribution is -0.141. The van der Waals surface area contributed by atoms with E-state index in [1.165, 1.54) is 12.1 Å². The molecule has 0 aromatic heterocycles. The van der Waals surface area contributed by atoms with Crippen molar-refractivity contribution in [3.05, 3.63) is 29.8 Å². The number of phenols is 1. The number of sulfone groups is 1. The second-order valence-corrected chi connectivity index (χ2v) is 6.38. The van der Waals surface area contributed by atoms with Gasteiger partial charge >= 0.3 is 5.97 Å². The number of carboxylic acid groups (broad SMARTS) is 1. The Morgan fingerprint density at radius 1 is 1.29 bits per heavy atom. The molecule has 1 saturated heterocycles. The van der Waals surface area contributed by atoms with Gasteiger partial charge in [-0.1, -0.05) is 12.1 Å². The average molecular weight is 256 g/mol. The van der Waals surface area contributed by atoms with E-state index >= 15 is 0 Å². The minimum absolute atomic E-state index is 0.0101. The van der Waals surface area contributed by atoms with Crippen LogP contribution in [-0.4, -0.2) is 36.1 Å². The number of hydrogen-bond donors (Lipinski definition) is 2. The molecule has 1 aromatic rings. The second kappa shape index (κ2) is 4.03. The fourth-order valence-electron chi connectivity index (χ4n) is 2.17. The van der Waals surface area contributed by atoms with Crippen molar-refractivity contribution in [3.63, 3.8) is 0 Å². The number of rotatable bonds is 2. The minimum Gasteiger partial charge on any atom is -0.508 e. The number of benzene rings is 1. The first-order valence-corrected chi connectivity index (χ1v) is 6.93. The maximum Gasteiger partial charge on any atom is 0.308 e. The highest BCUT2D eigenvalue weighted by Gasteiger charge is 2.42. The van der Waals surface area contributed by atoms with Crippen molar-refractivity contribution in [1.82, 2.24) is 0 Å². The Morgan fingerprint density at radius 2 is 2.00 bits per heavy atom. The normalized spacial score (nSPS) is 26.8. The molecule has 6 heteroatoms. The van der Waals surface area contributed by atoms with E-state index in [0.29, 0.717) is 5.56 Å². The molecule has 0 spiro atoms. The first-order valence-electron chi connectivity index (χ1n) is 5.11. The lowest BCUT2D eigenvalue weighted by atomic mass is 9.89. The van der Waals surface area contributed by atoms with E-state index in [0.717, 1.165) is 0 Å². The van der Waals surface area contributed by atoms with Gasteiger partial charge in [-0.25, -0.2) is 8.42 Å². The Kier molecular flexibility index (Phi) is 2.82. The zero-order chi connectivity index (χ0) is 12.6. The summed E-state index contributed by atoms with van der Waals surface area (Å²) in [7, 11) is -3.31. The molecule has 1 aliphatic rings. The number of aliphatic carboxylic acids is 1. The monoisotopic (exact) mass is 256 g/mol. The summed E-state index contributed by atoms with van der Waals surface area (Å²) < 4.78 is 23.0. The number of hydrogen-bond acceptors (Lipinski definition) is 4. The van der Waals surface area contributed by atoms with Gasteiger partial charge in [0.1, 0.15) is 5.75 Å². The van der Waals surface area contributed by atoms with Crippen molar-refractivity contribution in [2.24, 2.45) is 5.92 Å². The average Bonchev–Trinajstić information content (AvgIpc) is 2.55. The summed E-state index contributed by atoms with van der Waals surface area (Å²) in [6, 6.07) is 6.10. The van der Waals surface area contributed by atoms with Crippen LogP contribution < -0.4 is 0 Å². The second-order valence-electron chi connectivity index (χ2n) is 4.22. The van der Waals surface area contributed by atoms with E-state index in [2.05, 4.69) is 0 Å². The van der Waals surface area contributed by atoms with Crippen LogP contribution in [0.25, 0.3) is 0 Å². The minimum atomic E-state index is -3.31. The third-order valence-electron chi connectivity index (χ3n) is 2.97. The fraction of sp³-hybridized carbons (Fsp3) is 0.364. The van der Waals surface area contributed by atoms with Crippen LogP contribution in [-0.2, 0) is 14.6 Å². The molecule has 0 bridgehead atoms. The molecule has 2 atom stereocenters. The number of phenolic OH excluding ortho intramolecular Hbond substituents is 1. The van der Waals surface area contributed by atoms with Crippen LogP contribution in [0.1, 0.15) is 11.5 Å². The lowest BCUT2D eigenvalue weighted by Crippen LogP contribution is -2.20. The highest BCUT2D eigenvalue weighted by Crippen LogP contribution is 2.35. The van der Waals surface area contributed by atoms with Crippen molar-refractivity contribution in [2.75, 3.05) is 11.5 Å². The zero-order valence-corrected chi connectivity index (χ0v) is 9.72. The molecular formula is C11H12O5S. The maximum atomic E-state index is 11.5. The summed E-state index contributed by atoms with van der Waals surface area (Å²) in [6.45, 7) is 0. The predicted molar refractivity (Wildman–Crippen MR) is 60.6 cm³/mol. The topological polar surface area (TPSA) is 91.7 Å². The summed E-state index contributed by atoms with van der Waals surface area (Å²) in [5.74, 6) is -3.11. The van der Waals surface area contributed by atoms with Crippen LogP contribution in [0.15, 0.2) is 24.3 Å². The van der Waals surface area contributed by atoms with Gasteiger partial charge in [-0.3, -0.25) is 4.79 Å². The first-order chi connectivity index (χ1) is 7.89. The number of carboxylic acids is 1. The molecule has 92 valence electrons. The molecule has 1 fully saturated rings.